The van der Waals surface area contributed by atoms with Crippen LogP contribution in [0.2, 0.25) is 0 Å². The molecule has 4 heteroatoms. The lowest BCUT2D eigenvalue weighted by Gasteiger charge is -2.32. The van der Waals surface area contributed by atoms with E-state index in [1.54, 1.807) is 0 Å². The van der Waals surface area contributed by atoms with Crippen LogP contribution < -0.4 is 0 Å². The first-order chi connectivity index (χ1) is 13.7. The molecule has 0 unspecified atom stereocenters. The van der Waals surface area contributed by atoms with E-state index in [4.69, 9.17) is 0 Å². The molecule has 28 heavy (non-hydrogen) atoms. The van der Waals surface area contributed by atoms with Gasteiger partial charge in [-0.05, 0) is 41.5 Å². The molecule has 0 atom stereocenters. The number of piperidine rings is 1. The van der Waals surface area contributed by atoms with Crippen LogP contribution in [-0.2, 0) is 20.7 Å². The Morgan fingerprint density at radius 1 is 1.00 bits per heavy atom. The van der Waals surface area contributed by atoms with Gasteiger partial charge < -0.3 is 9.64 Å². The maximum Gasteiger partial charge on any atom is 0.305 e. The van der Waals surface area contributed by atoms with E-state index in [-0.39, 0.29) is 11.9 Å². The van der Waals surface area contributed by atoms with Crippen molar-refractivity contribution in [1.29, 1.82) is 0 Å². The zero-order valence-electron chi connectivity index (χ0n) is 16.9. The maximum absolute atomic E-state index is 12.8. The SMILES string of the molecule is COC(=O)CCCCCC1CCN(C(=O)Cc2cccc3ccccc23)CC1. The number of hydrogen-bond donors (Lipinski definition) is 0. The Morgan fingerprint density at radius 3 is 2.54 bits per heavy atom. The second kappa shape index (κ2) is 10.3. The highest BCUT2D eigenvalue weighted by Crippen LogP contribution is 2.25. The molecule has 0 radical (unpaired) electrons. The largest absolute Gasteiger partial charge is 0.469 e. The monoisotopic (exact) mass is 381 g/mol. The highest BCUT2D eigenvalue weighted by molar-refractivity contribution is 5.90. The van der Waals surface area contributed by atoms with Crippen LogP contribution in [0.15, 0.2) is 42.5 Å². The summed E-state index contributed by atoms with van der Waals surface area (Å²) in [6.07, 6.45) is 7.55. The van der Waals surface area contributed by atoms with Gasteiger partial charge >= 0.3 is 5.97 Å². The van der Waals surface area contributed by atoms with E-state index in [1.807, 2.05) is 23.1 Å². The van der Waals surface area contributed by atoms with Crippen molar-refractivity contribution in [1.82, 2.24) is 4.90 Å². The van der Waals surface area contributed by atoms with Crippen molar-refractivity contribution >= 4 is 22.6 Å². The summed E-state index contributed by atoms with van der Waals surface area (Å²) in [6.45, 7) is 1.74. The molecule has 1 fully saturated rings. The van der Waals surface area contributed by atoms with E-state index in [9.17, 15) is 9.59 Å². The molecule has 0 N–H and O–H groups in total. The molecule has 0 spiro atoms. The molecule has 1 saturated heterocycles. The number of ether oxygens (including phenoxy) is 1. The molecule has 3 rings (SSSR count). The van der Waals surface area contributed by atoms with Gasteiger partial charge in [0, 0.05) is 19.5 Å². The van der Waals surface area contributed by atoms with Gasteiger partial charge in [-0.1, -0.05) is 61.7 Å². The second-order valence-corrected chi connectivity index (χ2v) is 7.81. The van der Waals surface area contributed by atoms with Gasteiger partial charge in [0.05, 0.1) is 13.5 Å². The topological polar surface area (TPSA) is 46.6 Å². The van der Waals surface area contributed by atoms with E-state index in [0.29, 0.717) is 18.8 Å². The molecule has 0 aromatic heterocycles. The summed E-state index contributed by atoms with van der Waals surface area (Å²) >= 11 is 0. The number of amides is 1. The lowest BCUT2D eigenvalue weighted by Crippen LogP contribution is -2.39. The van der Waals surface area contributed by atoms with Crippen molar-refractivity contribution in [3.05, 3.63) is 48.0 Å². The predicted octanol–water partition coefficient (Wildman–Crippen LogP) is 4.74. The van der Waals surface area contributed by atoms with Crippen molar-refractivity contribution in [2.24, 2.45) is 5.92 Å². The molecule has 0 saturated carbocycles. The zero-order chi connectivity index (χ0) is 19.8. The van der Waals surface area contributed by atoms with E-state index in [0.717, 1.165) is 50.8 Å². The molecule has 1 heterocycles. The Kier molecular flexibility index (Phi) is 7.46. The summed E-state index contributed by atoms with van der Waals surface area (Å²) in [4.78, 5) is 25.9. The highest BCUT2D eigenvalue weighted by Gasteiger charge is 2.22. The quantitative estimate of drug-likeness (QED) is 0.490. The summed E-state index contributed by atoms with van der Waals surface area (Å²) in [5.74, 6) is 0.839. The summed E-state index contributed by atoms with van der Waals surface area (Å²) in [7, 11) is 1.44. The van der Waals surface area contributed by atoms with E-state index in [1.165, 1.54) is 24.3 Å². The highest BCUT2D eigenvalue weighted by atomic mass is 16.5. The predicted molar refractivity (Wildman–Crippen MR) is 112 cm³/mol. The van der Waals surface area contributed by atoms with Crippen LogP contribution in [0.5, 0.6) is 0 Å². The Labute approximate surface area is 167 Å². The zero-order valence-corrected chi connectivity index (χ0v) is 16.9. The molecule has 1 aliphatic heterocycles. The first-order valence-corrected chi connectivity index (χ1v) is 10.5. The number of hydrogen-bond acceptors (Lipinski definition) is 3. The summed E-state index contributed by atoms with van der Waals surface area (Å²) in [6, 6.07) is 14.5. The maximum atomic E-state index is 12.8. The normalized spacial score (nSPS) is 15.0. The second-order valence-electron chi connectivity index (χ2n) is 7.81. The average Bonchev–Trinajstić information content (AvgIpc) is 2.74. The minimum Gasteiger partial charge on any atom is -0.469 e. The van der Waals surface area contributed by atoms with Crippen LogP contribution in [0.25, 0.3) is 10.8 Å². The van der Waals surface area contributed by atoms with Gasteiger partial charge in [0.2, 0.25) is 5.91 Å². The summed E-state index contributed by atoms with van der Waals surface area (Å²) in [5.41, 5.74) is 1.12. The molecule has 1 amide bonds. The lowest BCUT2D eigenvalue weighted by molar-refractivity contribution is -0.140. The van der Waals surface area contributed by atoms with Gasteiger partial charge in [-0.2, -0.15) is 0 Å². The summed E-state index contributed by atoms with van der Waals surface area (Å²) in [5, 5.41) is 2.37. The molecule has 150 valence electrons. The number of carbonyl (C=O) groups is 2. The van der Waals surface area contributed by atoms with Gasteiger partial charge in [0.1, 0.15) is 0 Å². The minimum atomic E-state index is -0.113. The Morgan fingerprint density at radius 2 is 1.75 bits per heavy atom. The van der Waals surface area contributed by atoms with Gasteiger partial charge in [-0.15, -0.1) is 0 Å². The smallest absolute Gasteiger partial charge is 0.305 e. The van der Waals surface area contributed by atoms with Gasteiger partial charge in [-0.25, -0.2) is 0 Å². The third-order valence-corrected chi connectivity index (χ3v) is 5.91. The Hall–Kier alpha value is -2.36. The number of likely N-dealkylation sites (tertiary alicyclic amines) is 1. The Balaban J connectivity index is 1.41. The summed E-state index contributed by atoms with van der Waals surface area (Å²) < 4.78 is 4.67. The van der Waals surface area contributed by atoms with Gasteiger partial charge in [0.25, 0.3) is 0 Å². The van der Waals surface area contributed by atoms with Gasteiger partial charge in [0.15, 0.2) is 0 Å². The van der Waals surface area contributed by atoms with Gasteiger partial charge in [-0.3, -0.25) is 9.59 Å². The number of methoxy groups -OCH3 is 1. The number of benzene rings is 2. The van der Waals surface area contributed by atoms with Crippen molar-refractivity contribution in [3.8, 4) is 0 Å². The van der Waals surface area contributed by atoms with Crippen LogP contribution in [0.4, 0.5) is 0 Å². The van der Waals surface area contributed by atoms with Crippen LogP contribution in [0.1, 0.15) is 50.5 Å². The van der Waals surface area contributed by atoms with E-state index < -0.39 is 0 Å². The average molecular weight is 382 g/mol. The van der Waals surface area contributed by atoms with E-state index in [2.05, 4.69) is 29.0 Å². The molecule has 4 nitrogen and oxygen atoms in total. The van der Waals surface area contributed by atoms with Crippen molar-refractivity contribution in [2.75, 3.05) is 20.2 Å². The fraction of sp³-hybridized carbons (Fsp3) is 0.500. The molecular formula is C24H31NO3. The first-order valence-electron chi connectivity index (χ1n) is 10.5. The number of carbonyl (C=O) groups excluding carboxylic acids is 2. The molecule has 1 aliphatic rings. The molecule has 2 aromatic rings. The van der Waals surface area contributed by atoms with Crippen LogP contribution in [0, 0.1) is 5.92 Å². The minimum absolute atomic E-state index is 0.113. The molecular weight excluding hydrogens is 350 g/mol. The first kappa shape index (κ1) is 20.4. The standard InChI is InChI=1S/C24H31NO3/c1-28-24(27)13-4-2-3-8-19-14-16-25(17-15-19)23(26)18-21-11-7-10-20-9-5-6-12-22(20)21/h5-7,9-12,19H,2-4,8,13-18H2,1H3. The van der Waals surface area contributed by atoms with Crippen LogP contribution in [-0.4, -0.2) is 37.0 Å². The van der Waals surface area contributed by atoms with E-state index >= 15 is 0 Å². The van der Waals surface area contributed by atoms with Crippen molar-refractivity contribution in [2.45, 2.75) is 51.4 Å². The third kappa shape index (κ3) is 5.57. The molecule has 0 aliphatic carbocycles. The number of rotatable bonds is 8. The molecule has 0 bridgehead atoms. The number of nitrogens with zero attached hydrogens (tertiary/aromatic N) is 1. The number of unbranched alkanes of at least 4 members (excludes halogenated alkanes) is 2. The Bertz CT molecular complexity index is 788. The molecule has 2 aromatic carbocycles. The number of fused-ring (bicyclic) bond motifs is 1. The van der Waals surface area contributed by atoms with Crippen molar-refractivity contribution < 1.29 is 14.3 Å². The van der Waals surface area contributed by atoms with Crippen LogP contribution in [0.3, 0.4) is 0 Å². The number of esters is 1. The lowest BCUT2D eigenvalue weighted by atomic mass is 9.90. The fourth-order valence-electron chi connectivity index (χ4n) is 4.17. The fourth-order valence-corrected chi connectivity index (χ4v) is 4.17. The van der Waals surface area contributed by atoms with Crippen molar-refractivity contribution in [3.63, 3.8) is 0 Å². The third-order valence-electron chi connectivity index (χ3n) is 5.91. The van der Waals surface area contributed by atoms with Crippen LogP contribution >= 0.6 is 0 Å².